The molecule has 94 valence electrons. The summed E-state index contributed by atoms with van der Waals surface area (Å²) in [5.41, 5.74) is 1.35. The average Bonchev–Trinajstić information content (AvgIpc) is 2.38. The molecule has 0 spiro atoms. The zero-order valence-electron chi connectivity index (χ0n) is 10.6. The van der Waals surface area contributed by atoms with Gasteiger partial charge in [0.2, 0.25) is 0 Å². The third-order valence-corrected chi connectivity index (χ3v) is 2.46. The molecule has 0 atom stereocenters. The molecule has 0 bridgehead atoms. The van der Waals surface area contributed by atoms with E-state index in [-0.39, 0.29) is 5.91 Å². The molecule has 0 aliphatic carbocycles. The van der Waals surface area contributed by atoms with Crippen molar-refractivity contribution in [3.63, 3.8) is 0 Å². The van der Waals surface area contributed by atoms with Crippen LogP contribution >= 0.6 is 0 Å². The number of aromatic nitrogens is 1. The zero-order chi connectivity index (χ0) is 12.7. The first-order valence-corrected chi connectivity index (χ1v) is 5.57. The minimum Gasteiger partial charge on any atom is -0.387 e. The number of hydrogen-bond donors (Lipinski definition) is 1. The maximum atomic E-state index is 11.9. The Morgan fingerprint density at radius 2 is 2.29 bits per heavy atom. The van der Waals surface area contributed by atoms with Gasteiger partial charge in [-0.25, -0.2) is 4.98 Å². The van der Waals surface area contributed by atoms with Crippen molar-refractivity contribution in [3.8, 4) is 0 Å². The van der Waals surface area contributed by atoms with Crippen molar-refractivity contribution in [2.75, 3.05) is 39.7 Å². The minimum absolute atomic E-state index is 0.0660. The molecule has 0 aromatic carbocycles. The molecule has 1 aromatic heterocycles. The molecular weight excluding hydrogens is 218 g/mol. The van der Waals surface area contributed by atoms with E-state index >= 15 is 0 Å². The summed E-state index contributed by atoms with van der Waals surface area (Å²) in [6.45, 7) is 1.33. The van der Waals surface area contributed by atoms with Crippen LogP contribution in [0.4, 0.5) is 5.69 Å². The maximum absolute atomic E-state index is 11.9. The Labute approximate surface area is 102 Å². The third-order valence-electron chi connectivity index (χ3n) is 2.46. The lowest BCUT2D eigenvalue weighted by Gasteiger charge is -2.16. The van der Waals surface area contributed by atoms with E-state index in [0.29, 0.717) is 18.8 Å². The number of nitrogens with one attached hydrogen (secondary N) is 1. The Hall–Kier alpha value is -1.62. The highest BCUT2D eigenvalue weighted by Gasteiger charge is 2.12. The van der Waals surface area contributed by atoms with Gasteiger partial charge in [-0.05, 0) is 18.6 Å². The number of carbonyl (C=O) groups is 1. The van der Waals surface area contributed by atoms with Crippen molar-refractivity contribution in [3.05, 3.63) is 24.0 Å². The molecule has 0 saturated heterocycles. The summed E-state index contributed by atoms with van der Waals surface area (Å²) < 4.78 is 4.95. The van der Waals surface area contributed by atoms with Gasteiger partial charge in [0, 0.05) is 34.4 Å². The Morgan fingerprint density at radius 1 is 1.53 bits per heavy atom. The second-order valence-corrected chi connectivity index (χ2v) is 3.76. The number of methoxy groups -OCH3 is 1. The molecule has 1 N–H and O–H groups in total. The van der Waals surface area contributed by atoms with Crippen LogP contribution in [0, 0.1) is 0 Å². The van der Waals surface area contributed by atoms with Crippen LogP contribution in [-0.4, -0.2) is 50.1 Å². The number of hydrogen-bond acceptors (Lipinski definition) is 4. The van der Waals surface area contributed by atoms with Crippen molar-refractivity contribution in [1.29, 1.82) is 0 Å². The quantitative estimate of drug-likeness (QED) is 0.756. The van der Waals surface area contributed by atoms with Gasteiger partial charge in [0.05, 0.1) is 11.9 Å². The first-order chi connectivity index (χ1) is 8.19. The van der Waals surface area contributed by atoms with Gasteiger partial charge in [0.25, 0.3) is 5.91 Å². The van der Waals surface area contributed by atoms with Gasteiger partial charge in [0.1, 0.15) is 5.69 Å². The molecule has 17 heavy (non-hydrogen) atoms. The molecule has 0 saturated carbocycles. The first kappa shape index (κ1) is 13.4. The largest absolute Gasteiger partial charge is 0.387 e. The molecule has 0 unspecified atom stereocenters. The van der Waals surface area contributed by atoms with E-state index in [0.717, 1.165) is 12.1 Å². The van der Waals surface area contributed by atoms with E-state index in [1.165, 1.54) is 0 Å². The van der Waals surface area contributed by atoms with Crippen molar-refractivity contribution in [2.45, 2.75) is 6.42 Å². The number of anilines is 1. The summed E-state index contributed by atoms with van der Waals surface area (Å²) in [7, 11) is 5.24. The van der Waals surface area contributed by atoms with E-state index in [1.54, 1.807) is 31.3 Å². The fourth-order valence-electron chi connectivity index (χ4n) is 1.41. The second-order valence-electron chi connectivity index (χ2n) is 3.76. The van der Waals surface area contributed by atoms with Gasteiger partial charge in [-0.15, -0.1) is 0 Å². The number of amides is 1. The lowest BCUT2D eigenvalue weighted by atomic mass is 10.3. The molecule has 0 aliphatic heterocycles. The van der Waals surface area contributed by atoms with Gasteiger partial charge in [-0.2, -0.15) is 0 Å². The number of nitrogens with zero attached hydrogens (tertiary/aromatic N) is 2. The molecule has 1 amide bonds. The van der Waals surface area contributed by atoms with E-state index < -0.39 is 0 Å². The van der Waals surface area contributed by atoms with Crippen LogP contribution in [0.5, 0.6) is 0 Å². The fraction of sp³-hybridized carbons (Fsp3) is 0.500. The van der Waals surface area contributed by atoms with Gasteiger partial charge >= 0.3 is 0 Å². The molecule has 1 rings (SSSR count). The standard InChI is InChI=1S/C12H19N3O2/c1-13-10-5-6-11(14-9-10)12(16)15(2)7-4-8-17-3/h5-6,9,13H,4,7-8H2,1-3H3. The normalized spacial score (nSPS) is 10.1. The van der Waals surface area contributed by atoms with Crippen LogP contribution < -0.4 is 5.32 Å². The molecular formula is C12H19N3O2. The summed E-state index contributed by atoms with van der Waals surface area (Å²) in [6, 6.07) is 3.56. The summed E-state index contributed by atoms with van der Waals surface area (Å²) in [6.07, 6.45) is 2.48. The minimum atomic E-state index is -0.0660. The molecule has 0 radical (unpaired) electrons. The van der Waals surface area contributed by atoms with Gasteiger partial charge in [0.15, 0.2) is 0 Å². The lowest BCUT2D eigenvalue weighted by molar-refractivity contribution is 0.0773. The molecule has 1 heterocycles. The van der Waals surface area contributed by atoms with Crippen molar-refractivity contribution >= 4 is 11.6 Å². The SMILES string of the molecule is CNc1ccc(C(=O)N(C)CCCOC)nc1. The fourth-order valence-corrected chi connectivity index (χ4v) is 1.41. The highest BCUT2D eigenvalue weighted by atomic mass is 16.5. The Morgan fingerprint density at radius 3 is 2.82 bits per heavy atom. The Balaban J connectivity index is 2.55. The lowest BCUT2D eigenvalue weighted by Crippen LogP contribution is -2.29. The smallest absolute Gasteiger partial charge is 0.272 e. The predicted octanol–water partition coefficient (Wildman–Crippen LogP) is 1.23. The van der Waals surface area contributed by atoms with Gasteiger partial charge in [-0.3, -0.25) is 4.79 Å². The highest BCUT2D eigenvalue weighted by molar-refractivity contribution is 5.92. The van der Waals surface area contributed by atoms with Gasteiger partial charge < -0.3 is 15.0 Å². The van der Waals surface area contributed by atoms with Crippen LogP contribution in [0.25, 0.3) is 0 Å². The van der Waals surface area contributed by atoms with E-state index in [1.807, 2.05) is 13.1 Å². The van der Waals surface area contributed by atoms with Crippen LogP contribution in [0.1, 0.15) is 16.9 Å². The summed E-state index contributed by atoms with van der Waals surface area (Å²) in [5.74, 6) is -0.0660. The number of ether oxygens (including phenoxy) is 1. The number of carbonyl (C=O) groups excluding carboxylic acids is 1. The van der Waals surface area contributed by atoms with Crippen LogP contribution in [0.2, 0.25) is 0 Å². The Kier molecular flexibility index (Phi) is 5.42. The molecule has 1 aromatic rings. The third kappa shape index (κ3) is 4.03. The van der Waals surface area contributed by atoms with Crippen LogP contribution in [0.15, 0.2) is 18.3 Å². The maximum Gasteiger partial charge on any atom is 0.272 e. The van der Waals surface area contributed by atoms with Crippen LogP contribution in [-0.2, 0) is 4.74 Å². The number of pyridine rings is 1. The average molecular weight is 237 g/mol. The van der Waals surface area contributed by atoms with Crippen molar-refractivity contribution < 1.29 is 9.53 Å². The van der Waals surface area contributed by atoms with Gasteiger partial charge in [-0.1, -0.05) is 0 Å². The van der Waals surface area contributed by atoms with Crippen molar-refractivity contribution in [2.24, 2.45) is 0 Å². The second kappa shape index (κ2) is 6.85. The Bertz CT molecular complexity index is 351. The zero-order valence-corrected chi connectivity index (χ0v) is 10.6. The summed E-state index contributed by atoms with van der Waals surface area (Å²) >= 11 is 0. The summed E-state index contributed by atoms with van der Waals surface area (Å²) in [4.78, 5) is 17.7. The monoisotopic (exact) mass is 237 g/mol. The van der Waals surface area contributed by atoms with E-state index in [2.05, 4.69) is 10.3 Å². The topological polar surface area (TPSA) is 54.5 Å². The van der Waals surface area contributed by atoms with Crippen LogP contribution in [0.3, 0.4) is 0 Å². The highest BCUT2D eigenvalue weighted by Crippen LogP contribution is 2.06. The number of rotatable bonds is 6. The van der Waals surface area contributed by atoms with Crippen molar-refractivity contribution in [1.82, 2.24) is 9.88 Å². The van der Waals surface area contributed by atoms with E-state index in [9.17, 15) is 4.79 Å². The first-order valence-electron chi connectivity index (χ1n) is 5.57. The predicted molar refractivity (Wildman–Crippen MR) is 67.2 cm³/mol. The summed E-state index contributed by atoms with van der Waals surface area (Å²) in [5, 5.41) is 2.96. The van der Waals surface area contributed by atoms with E-state index in [4.69, 9.17) is 4.74 Å². The molecule has 5 heteroatoms. The molecule has 5 nitrogen and oxygen atoms in total. The molecule has 0 aliphatic rings. The molecule has 0 fully saturated rings.